The van der Waals surface area contributed by atoms with Crippen molar-refractivity contribution in [3.05, 3.63) is 23.0 Å². The van der Waals surface area contributed by atoms with E-state index < -0.39 is 0 Å². The standard InChI is InChI=1S/C16H30N2S/c1-5-12-6-7-13(8-14(12)10-19)16(11(2)3)15(9-17)18-4/h9,11,13,16,18-19H,5-8,10,17H2,1-4H3/b15-9-. The molecule has 2 unspecified atom stereocenters. The van der Waals surface area contributed by atoms with Gasteiger partial charge in [0.05, 0.1) is 0 Å². The fraction of sp³-hybridized carbons (Fsp3) is 0.750. The summed E-state index contributed by atoms with van der Waals surface area (Å²) in [6.07, 6.45) is 6.64. The minimum absolute atomic E-state index is 0.531. The summed E-state index contributed by atoms with van der Waals surface area (Å²) in [4.78, 5) is 0. The lowest BCUT2D eigenvalue weighted by molar-refractivity contribution is 0.259. The molecule has 0 saturated heterocycles. The van der Waals surface area contributed by atoms with Gasteiger partial charge >= 0.3 is 0 Å². The minimum Gasteiger partial charge on any atom is -0.403 e. The molecule has 3 N–H and O–H groups in total. The van der Waals surface area contributed by atoms with E-state index in [4.69, 9.17) is 5.73 Å². The smallest absolute Gasteiger partial charge is 0.0298 e. The fourth-order valence-electron chi connectivity index (χ4n) is 3.53. The van der Waals surface area contributed by atoms with E-state index in [0.29, 0.717) is 17.8 Å². The molecule has 0 aromatic carbocycles. The zero-order valence-electron chi connectivity index (χ0n) is 12.9. The molecule has 2 atom stereocenters. The lowest BCUT2D eigenvalue weighted by atomic mass is 9.71. The molecule has 0 aromatic heterocycles. The Morgan fingerprint density at radius 1 is 1.47 bits per heavy atom. The van der Waals surface area contributed by atoms with Gasteiger partial charge in [-0.1, -0.05) is 31.9 Å². The number of rotatable bonds is 6. The van der Waals surface area contributed by atoms with Gasteiger partial charge in [0, 0.05) is 30.6 Å². The van der Waals surface area contributed by atoms with Gasteiger partial charge in [0.1, 0.15) is 0 Å². The predicted molar refractivity (Wildman–Crippen MR) is 88.2 cm³/mol. The second-order valence-electron chi connectivity index (χ2n) is 5.86. The van der Waals surface area contributed by atoms with Crippen molar-refractivity contribution in [3.8, 4) is 0 Å². The summed E-state index contributed by atoms with van der Waals surface area (Å²) in [6.45, 7) is 6.85. The van der Waals surface area contributed by atoms with Gasteiger partial charge in [0.2, 0.25) is 0 Å². The van der Waals surface area contributed by atoms with E-state index in [1.54, 1.807) is 17.3 Å². The van der Waals surface area contributed by atoms with Crippen molar-refractivity contribution in [2.24, 2.45) is 23.5 Å². The minimum atomic E-state index is 0.531. The maximum atomic E-state index is 5.80. The average molecular weight is 282 g/mol. The molecule has 3 heteroatoms. The van der Waals surface area contributed by atoms with E-state index >= 15 is 0 Å². The van der Waals surface area contributed by atoms with Gasteiger partial charge in [0.15, 0.2) is 0 Å². The highest BCUT2D eigenvalue weighted by molar-refractivity contribution is 7.80. The summed E-state index contributed by atoms with van der Waals surface area (Å²) < 4.78 is 0. The molecule has 0 aromatic rings. The van der Waals surface area contributed by atoms with Crippen LogP contribution in [-0.2, 0) is 0 Å². The quantitative estimate of drug-likeness (QED) is 0.513. The first kappa shape index (κ1) is 16.5. The SMILES string of the molecule is CCC1=C(CS)CC(C(/C(=C/N)NC)C(C)C)CC1. The number of nitrogens with two attached hydrogens (primary N) is 1. The van der Waals surface area contributed by atoms with E-state index in [2.05, 4.69) is 38.7 Å². The lowest BCUT2D eigenvalue weighted by Gasteiger charge is -2.36. The Hall–Kier alpha value is -0.570. The van der Waals surface area contributed by atoms with Gasteiger partial charge in [0.25, 0.3) is 0 Å². The van der Waals surface area contributed by atoms with E-state index in [0.717, 1.165) is 5.75 Å². The topological polar surface area (TPSA) is 38.0 Å². The highest BCUT2D eigenvalue weighted by Gasteiger charge is 2.30. The second kappa shape index (κ2) is 7.88. The molecule has 0 saturated carbocycles. The van der Waals surface area contributed by atoms with Crippen molar-refractivity contribution < 1.29 is 0 Å². The van der Waals surface area contributed by atoms with Gasteiger partial charge in [-0.05, 0) is 37.5 Å². The van der Waals surface area contributed by atoms with Crippen LogP contribution in [0.25, 0.3) is 0 Å². The molecule has 0 radical (unpaired) electrons. The van der Waals surface area contributed by atoms with Crippen LogP contribution in [0.3, 0.4) is 0 Å². The largest absolute Gasteiger partial charge is 0.403 e. The lowest BCUT2D eigenvalue weighted by Crippen LogP contribution is -2.31. The first-order valence-electron chi connectivity index (χ1n) is 7.49. The summed E-state index contributed by atoms with van der Waals surface area (Å²) in [7, 11) is 1.98. The molecule has 110 valence electrons. The molecule has 2 nitrogen and oxygen atoms in total. The zero-order chi connectivity index (χ0) is 14.4. The zero-order valence-corrected chi connectivity index (χ0v) is 13.8. The maximum absolute atomic E-state index is 5.80. The van der Waals surface area contributed by atoms with Gasteiger partial charge in [-0.2, -0.15) is 12.6 Å². The summed E-state index contributed by atoms with van der Waals surface area (Å²) in [6, 6.07) is 0. The number of thiol groups is 1. The molecule has 0 fully saturated rings. The van der Waals surface area contributed by atoms with Crippen molar-refractivity contribution in [2.45, 2.75) is 46.5 Å². The first-order chi connectivity index (χ1) is 9.08. The number of hydrogen-bond donors (Lipinski definition) is 3. The Labute approximate surface area is 124 Å². The molecule has 0 aliphatic heterocycles. The molecule has 19 heavy (non-hydrogen) atoms. The Kier molecular flexibility index (Phi) is 6.84. The number of allylic oxidation sites excluding steroid dienone is 2. The van der Waals surface area contributed by atoms with Crippen molar-refractivity contribution in [2.75, 3.05) is 12.8 Å². The Morgan fingerprint density at radius 3 is 2.58 bits per heavy atom. The third kappa shape index (κ3) is 3.95. The fourth-order valence-corrected chi connectivity index (χ4v) is 3.88. The summed E-state index contributed by atoms with van der Waals surface area (Å²) in [5.74, 6) is 2.74. The molecule has 0 amide bonds. The Morgan fingerprint density at radius 2 is 2.16 bits per heavy atom. The molecule has 0 spiro atoms. The third-order valence-corrected chi connectivity index (χ3v) is 4.88. The summed E-state index contributed by atoms with van der Waals surface area (Å²) in [5.41, 5.74) is 10.2. The van der Waals surface area contributed by atoms with E-state index in [1.165, 1.54) is 31.4 Å². The van der Waals surface area contributed by atoms with Crippen LogP contribution >= 0.6 is 12.6 Å². The summed E-state index contributed by atoms with van der Waals surface area (Å²) in [5, 5.41) is 3.29. The number of hydrogen-bond acceptors (Lipinski definition) is 3. The van der Waals surface area contributed by atoms with Crippen LogP contribution in [0.5, 0.6) is 0 Å². The van der Waals surface area contributed by atoms with Crippen molar-refractivity contribution in [1.29, 1.82) is 0 Å². The Bertz CT molecular complexity index is 345. The summed E-state index contributed by atoms with van der Waals surface area (Å²) >= 11 is 4.52. The van der Waals surface area contributed by atoms with Crippen LogP contribution in [-0.4, -0.2) is 12.8 Å². The van der Waals surface area contributed by atoms with E-state index in [9.17, 15) is 0 Å². The monoisotopic (exact) mass is 282 g/mol. The maximum Gasteiger partial charge on any atom is 0.0298 e. The van der Waals surface area contributed by atoms with Crippen LogP contribution in [0, 0.1) is 17.8 Å². The van der Waals surface area contributed by atoms with Crippen LogP contribution in [0.2, 0.25) is 0 Å². The van der Waals surface area contributed by atoms with E-state index in [-0.39, 0.29) is 0 Å². The van der Waals surface area contributed by atoms with Crippen LogP contribution in [0.1, 0.15) is 46.5 Å². The Balaban J connectivity index is 2.93. The predicted octanol–water partition coefficient (Wildman–Crippen LogP) is 3.71. The van der Waals surface area contributed by atoms with Crippen molar-refractivity contribution in [3.63, 3.8) is 0 Å². The molecule has 0 bridgehead atoms. The number of nitrogens with one attached hydrogen (secondary N) is 1. The highest BCUT2D eigenvalue weighted by atomic mass is 32.1. The van der Waals surface area contributed by atoms with Crippen LogP contribution < -0.4 is 11.1 Å². The molecular weight excluding hydrogens is 252 g/mol. The van der Waals surface area contributed by atoms with Crippen molar-refractivity contribution >= 4 is 12.6 Å². The average Bonchev–Trinajstić information content (AvgIpc) is 2.43. The third-order valence-electron chi connectivity index (χ3n) is 4.50. The molecular formula is C16H30N2S. The second-order valence-corrected chi connectivity index (χ2v) is 6.18. The molecule has 1 aliphatic carbocycles. The van der Waals surface area contributed by atoms with Crippen LogP contribution in [0.4, 0.5) is 0 Å². The normalized spacial score (nSPS) is 22.8. The van der Waals surface area contributed by atoms with Gasteiger partial charge < -0.3 is 11.1 Å². The molecule has 0 heterocycles. The first-order valence-corrected chi connectivity index (χ1v) is 8.12. The molecule has 1 aliphatic rings. The van der Waals surface area contributed by atoms with E-state index in [1.807, 2.05) is 7.05 Å². The molecule has 1 rings (SSSR count). The van der Waals surface area contributed by atoms with Gasteiger partial charge in [-0.25, -0.2) is 0 Å². The van der Waals surface area contributed by atoms with Crippen LogP contribution in [0.15, 0.2) is 23.0 Å². The van der Waals surface area contributed by atoms with Gasteiger partial charge in [-0.15, -0.1) is 0 Å². The van der Waals surface area contributed by atoms with Gasteiger partial charge in [-0.3, -0.25) is 0 Å². The highest BCUT2D eigenvalue weighted by Crippen LogP contribution is 2.40. The van der Waals surface area contributed by atoms with Crippen molar-refractivity contribution in [1.82, 2.24) is 5.32 Å².